The molecule has 2 rings (SSSR count). The van der Waals surface area contributed by atoms with E-state index in [-0.39, 0.29) is 35.4 Å². The molecule has 1 heterocycles. The highest BCUT2D eigenvalue weighted by atomic mass is 35.5. The third-order valence-electron chi connectivity index (χ3n) is 3.07. The molecule has 0 radical (unpaired) electrons. The van der Waals surface area contributed by atoms with Gasteiger partial charge in [-0.15, -0.1) is 24.8 Å². The third-order valence-corrected chi connectivity index (χ3v) is 3.38. The Bertz CT molecular complexity index is 415. The average Bonchev–Trinajstić information content (AvgIpc) is 2.35. The molecule has 0 unspecified atom stereocenters. The normalized spacial score (nSPS) is 17.2. The smallest absolute Gasteiger partial charge is 0.258 e. The Labute approximate surface area is 133 Å². The fourth-order valence-electron chi connectivity index (χ4n) is 2.17. The van der Waals surface area contributed by atoms with Crippen LogP contribution < -0.4 is 5.32 Å². The van der Waals surface area contributed by atoms with Gasteiger partial charge in [-0.05, 0) is 17.7 Å². The van der Waals surface area contributed by atoms with E-state index in [1.165, 1.54) is 12.1 Å². The van der Waals surface area contributed by atoms with Crippen molar-refractivity contribution in [3.63, 3.8) is 0 Å². The van der Waals surface area contributed by atoms with Crippen LogP contribution in [0.3, 0.4) is 0 Å². The molecule has 1 aromatic carbocycles. The molecule has 2 nitrogen and oxygen atoms in total. The Kier molecular flexibility index (Phi) is 8.86. The van der Waals surface area contributed by atoms with E-state index < -0.39 is 18.3 Å². The summed E-state index contributed by atoms with van der Waals surface area (Å²) in [7, 11) is 0. The summed E-state index contributed by atoms with van der Waals surface area (Å²) in [5, 5.41) is 3.05. The molecule has 116 valence electrons. The highest BCUT2D eigenvalue weighted by molar-refractivity contribution is 6.30. The molecule has 0 spiro atoms. The Morgan fingerprint density at radius 2 is 1.75 bits per heavy atom. The zero-order valence-corrected chi connectivity index (χ0v) is 12.9. The van der Waals surface area contributed by atoms with Crippen molar-refractivity contribution in [1.29, 1.82) is 0 Å². The molecule has 1 atom stereocenters. The van der Waals surface area contributed by atoms with Gasteiger partial charge in [-0.2, -0.15) is 0 Å². The van der Waals surface area contributed by atoms with Crippen LogP contribution in [0.25, 0.3) is 0 Å². The van der Waals surface area contributed by atoms with Gasteiger partial charge in [0.15, 0.2) is 0 Å². The first-order valence-corrected chi connectivity index (χ1v) is 6.15. The van der Waals surface area contributed by atoms with Crippen molar-refractivity contribution >= 4 is 36.4 Å². The van der Waals surface area contributed by atoms with Crippen LogP contribution in [0, 0.1) is 5.82 Å². The van der Waals surface area contributed by atoms with Crippen LogP contribution >= 0.6 is 36.4 Å². The van der Waals surface area contributed by atoms with Crippen LogP contribution in [0.1, 0.15) is 11.6 Å². The van der Waals surface area contributed by atoms with E-state index >= 15 is 0 Å². The predicted molar refractivity (Wildman–Crippen MR) is 79.1 cm³/mol. The molecule has 0 aromatic heterocycles. The van der Waals surface area contributed by atoms with E-state index in [1.807, 2.05) is 0 Å². The molecular formula is C12H16Cl3F3N2. The molecule has 8 heteroatoms. The average molecular weight is 352 g/mol. The lowest BCUT2D eigenvalue weighted by Crippen LogP contribution is -2.46. The minimum Gasteiger partial charge on any atom is -0.314 e. The molecule has 0 amide bonds. The largest absolute Gasteiger partial charge is 0.314 e. The summed E-state index contributed by atoms with van der Waals surface area (Å²) in [4.78, 5) is 1.67. The summed E-state index contributed by atoms with van der Waals surface area (Å²) in [6.45, 7) is 2.39. The number of halogens is 6. The molecule has 0 bridgehead atoms. The molecule has 1 aliphatic heterocycles. The molecule has 1 aliphatic rings. The van der Waals surface area contributed by atoms with E-state index in [4.69, 9.17) is 11.6 Å². The summed E-state index contributed by atoms with van der Waals surface area (Å²) in [5.74, 6) is -0.657. The van der Waals surface area contributed by atoms with Crippen molar-refractivity contribution in [3.8, 4) is 0 Å². The number of hydrogen-bond donors (Lipinski definition) is 1. The molecule has 1 N–H and O–H groups in total. The van der Waals surface area contributed by atoms with E-state index in [1.54, 1.807) is 4.90 Å². The van der Waals surface area contributed by atoms with Crippen LogP contribution in [0.15, 0.2) is 18.2 Å². The van der Waals surface area contributed by atoms with Gasteiger partial charge in [0.2, 0.25) is 0 Å². The maximum Gasteiger partial charge on any atom is 0.258 e. The van der Waals surface area contributed by atoms with Gasteiger partial charge in [0.25, 0.3) is 6.43 Å². The lowest BCUT2D eigenvalue weighted by atomic mass is 10.0. The van der Waals surface area contributed by atoms with E-state index in [0.717, 1.165) is 6.07 Å². The van der Waals surface area contributed by atoms with Gasteiger partial charge < -0.3 is 5.32 Å². The van der Waals surface area contributed by atoms with Crippen LogP contribution in [0.2, 0.25) is 5.02 Å². The fraction of sp³-hybridized carbons (Fsp3) is 0.500. The van der Waals surface area contributed by atoms with E-state index in [9.17, 15) is 13.2 Å². The van der Waals surface area contributed by atoms with Crippen LogP contribution in [-0.2, 0) is 0 Å². The minimum absolute atomic E-state index is 0. The number of piperazine rings is 1. The van der Waals surface area contributed by atoms with Gasteiger partial charge in [0.1, 0.15) is 5.82 Å². The molecule has 1 fully saturated rings. The quantitative estimate of drug-likeness (QED) is 0.896. The highest BCUT2D eigenvalue weighted by Crippen LogP contribution is 2.29. The van der Waals surface area contributed by atoms with Gasteiger partial charge in [-0.25, -0.2) is 13.2 Å². The van der Waals surface area contributed by atoms with E-state index in [2.05, 4.69) is 5.32 Å². The molecule has 20 heavy (non-hydrogen) atoms. The molecule has 0 saturated carbocycles. The Morgan fingerprint density at radius 1 is 1.15 bits per heavy atom. The van der Waals surface area contributed by atoms with Crippen LogP contribution in [0.4, 0.5) is 13.2 Å². The second-order valence-corrected chi connectivity index (χ2v) is 4.65. The predicted octanol–water partition coefficient (Wildman–Crippen LogP) is 3.53. The SMILES string of the molecule is Cl.Cl.Fc1cc([C@@H](C(F)F)N2CCNCC2)ccc1Cl. The Morgan fingerprint density at radius 3 is 2.25 bits per heavy atom. The second kappa shape index (κ2) is 8.95. The number of benzene rings is 1. The monoisotopic (exact) mass is 350 g/mol. The van der Waals surface area contributed by atoms with Gasteiger partial charge in [-0.1, -0.05) is 17.7 Å². The van der Waals surface area contributed by atoms with Crippen molar-refractivity contribution < 1.29 is 13.2 Å². The maximum atomic E-state index is 13.4. The second-order valence-electron chi connectivity index (χ2n) is 4.24. The van der Waals surface area contributed by atoms with Crippen molar-refractivity contribution in [2.24, 2.45) is 0 Å². The van der Waals surface area contributed by atoms with Crippen LogP contribution in [-0.4, -0.2) is 37.5 Å². The number of hydrogen-bond acceptors (Lipinski definition) is 2. The Hall–Kier alpha value is -0.200. The first-order chi connectivity index (χ1) is 8.59. The van der Waals surface area contributed by atoms with Gasteiger partial charge >= 0.3 is 0 Å². The molecule has 1 saturated heterocycles. The summed E-state index contributed by atoms with van der Waals surface area (Å²) >= 11 is 5.56. The van der Waals surface area contributed by atoms with Crippen molar-refractivity contribution in [1.82, 2.24) is 10.2 Å². The molecular weight excluding hydrogens is 335 g/mol. The van der Waals surface area contributed by atoms with Gasteiger partial charge in [0.05, 0.1) is 11.1 Å². The topological polar surface area (TPSA) is 15.3 Å². The first kappa shape index (κ1) is 19.8. The number of alkyl halides is 2. The van der Waals surface area contributed by atoms with Gasteiger partial charge in [0, 0.05) is 26.2 Å². The standard InChI is InChI=1S/C12H14ClF3N2.2ClH/c13-9-2-1-8(7-10(9)14)11(12(15)16)18-5-3-17-4-6-18;;/h1-2,7,11-12,17H,3-6H2;2*1H/t11-;;/m0../s1. The third kappa shape index (κ3) is 4.67. The lowest BCUT2D eigenvalue weighted by Gasteiger charge is -2.34. The number of rotatable bonds is 3. The summed E-state index contributed by atoms with van der Waals surface area (Å²) in [6.07, 6.45) is -2.55. The van der Waals surface area contributed by atoms with E-state index in [0.29, 0.717) is 26.2 Å². The van der Waals surface area contributed by atoms with Crippen molar-refractivity contribution in [2.75, 3.05) is 26.2 Å². The van der Waals surface area contributed by atoms with Crippen molar-refractivity contribution in [3.05, 3.63) is 34.6 Å². The lowest BCUT2D eigenvalue weighted by molar-refractivity contribution is 0.0180. The van der Waals surface area contributed by atoms with Crippen molar-refractivity contribution in [2.45, 2.75) is 12.5 Å². The number of nitrogens with one attached hydrogen (secondary N) is 1. The molecule has 0 aliphatic carbocycles. The summed E-state index contributed by atoms with van der Waals surface area (Å²) < 4.78 is 39.7. The first-order valence-electron chi connectivity index (χ1n) is 5.77. The molecule has 1 aromatic rings. The minimum atomic E-state index is -2.55. The maximum absolute atomic E-state index is 13.4. The number of nitrogens with zero attached hydrogens (tertiary/aromatic N) is 1. The van der Waals surface area contributed by atoms with Gasteiger partial charge in [-0.3, -0.25) is 4.90 Å². The zero-order chi connectivity index (χ0) is 13.1. The Balaban J connectivity index is 0.00000180. The summed E-state index contributed by atoms with van der Waals surface area (Å²) in [6, 6.07) is 2.81. The fourth-order valence-corrected chi connectivity index (χ4v) is 2.29. The van der Waals surface area contributed by atoms with Crippen LogP contribution in [0.5, 0.6) is 0 Å². The highest BCUT2D eigenvalue weighted by Gasteiger charge is 2.30. The zero-order valence-electron chi connectivity index (χ0n) is 10.5. The summed E-state index contributed by atoms with van der Waals surface area (Å²) in [5.41, 5.74) is 0.272.